The van der Waals surface area contributed by atoms with Crippen molar-refractivity contribution >= 4 is 26.0 Å². The van der Waals surface area contributed by atoms with Gasteiger partial charge in [0.2, 0.25) is 26.0 Å². The van der Waals surface area contributed by atoms with Gasteiger partial charge in [-0.05, 0) is 31.5 Å². The number of rotatable bonds is 10. The molecule has 1 saturated heterocycles. The number of morpholine rings is 1. The Balaban J connectivity index is 1.80. The van der Waals surface area contributed by atoms with E-state index in [1.54, 1.807) is 44.4 Å². The van der Waals surface area contributed by atoms with Crippen LogP contribution in [0.25, 0.3) is 5.69 Å². The molecule has 1 aliphatic rings. The zero-order valence-electron chi connectivity index (χ0n) is 23.1. The summed E-state index contributed by atoms with van der Waals surface area (Å²) in [6.45, 7) is 5.37. The van der Waals surface area contributed by atoms with Gasteiger partial charge in [-0.25, -0.2) is 26.8 Å². The van der Waals surface area contributed by atoms with E-state index in [0.717, 1.165) is 11.8 Å². The minimum atomic E-state index is -4.07. The molecule has 1 aliphatic heterocycles. The van der Waals surface area contributed by atoms with Crippen molar-refractivity contribution in [2.75, 3.05) is 44.9 Å². The third kappa shape index (κ3) is 6.04. The number of aryl methyl sites for hydroxylation is 1. The van der Waals surface area contributed by atoms with E-state index >= 15 is 0 Å². The molecule has 1 fully saturated rings. The van der Waals surface area contributed by atoms with E-state index in [9.17, 15) is 16.8 Å². The number of hydrogen-bond donors (Lipinski definition) is 1. The maximum absolute atomic E-state index is 13.6. The molecule has 1 N–H and O–H groups in total. The molecule has 0 saturated carbocycles. The average molecular weight is 596 g/mol. The Morgan fingerprint density at radius 1 is 1.05 bits per heavy atom. The SMILES string of the molecule is COc1cccc(OC)c1-n1c(NS(=O)(=O)C(C)C(C)c2ncc(C)cn2)nnc1[C@@H]1CN(S(C)(=O)=O)CCO1. The van der Waals surface area contributed by atoms with Gasteiger partial charge in [-0.1, -0.05) is 13.0 Å². The Hall–Kier alpha value is -3.34. The second-order valence-electron chi connectivity index (χ2n) is 9.47. The first kappa shape index (κ1) is 29.6. The van der Waals surface area contributed by atoms with Gasteiger partial charge in [-0.15, -0.1) is 10.2 Å². The van der Waals surface area contributed by atoms with E-state index in [2.05, 4.69) is 24.9 Å². The largest absolute Gasteiger partial charge is 0.494 e. The Bertz CT molecular complexity index is 1540. The van der Waals surface area contributed by atoms with Crippen molar-refractivity contribution in [2.24, 2.45) is 0 Å². The molecule has 218 valence electrons. The smallest absolute Gasteiger partial charge is 0.243 e. The highest BCUT2D eigenvalue weighted by Gasteiger charge is 2.36. The van der Waals surface area contributed by atoms with Crippen LogP contribution < -0.4 is 14.2 Å². The molecule has 3 heterocycles. The summed E-state index contributed by atoms with van der Waals surface area (Å²) in [4.78, 5) is 8.57. The summed E-state index contributed by atoms with van der Waals surface area (Å²) in [6.07, 6.45) is 3.52. The van der Waals surface area contributed by atoms with E-state index in [-0.39, 0.29) is 31.5 Å². The first-order valence-electron chi connectivity index (χ1n) is 12.4. The van der Waals surface area contributed by atoms with Crippen LogP contribution in [0, 0.1) is 6.92 Å². The summed E-state index contributed by atoms with van der Waals surface area (Å²) in [5.74, 6) is 0.517. The standard InChI is InChI=1S/C24H33N7O7S2/c1-15-12-25-22(26-13-15)16(2)17(3)40(34,35)29-24-28-27-23(20-14-30(10-11-38-20)39(6,32)33)31(24)21-18(36-4)8-7-9-19(21)37-5/h7-9,12-13,16-17,20H,10-11,14H2,1-6H3,(H,28,29)/t16?,17?,20-/m0/s1. The Labute approximate surface area is 233 Å². The highest BCUT2D eigenvalue weighted by Crippen LogP contribution is 2.38. The monoisotopic (exact) mass is 595 g/mol. The summed E-state index contributed by atoms with van der Waals surface area (Å²) in [7, 11) is -4.68. The molecule has 4 rings (SSSR count). The van der Waals surface area contributed by atoms with Crippen LogP contribution in [0.3, 0.4) is 0 Å². The van der Waals surface area contributed by atoms with E-state index in [1.165, 1.54) is 23.1 Å². The van der Waals surface area contributed by atoms with Crippen molar-refractivity contribution < 1.29 is 31.0 Å². The quantitative estimate of drug-likeness (QED) is 0.362. The molecule has 0 aliphatic carbocycles. The maximum atomic E-state index is 13.6. The van der Waals surface area contributed by atoms with Crippen LogP contribution in [0.2, 0.25) is 0 Å². The molecule has 0 amide bonds. The number of aromatic nitrogens is 5. The number of nitrogens with one attached hydrogen (secondary N) is 1. The minimum absolute atomic E-state index is 0.0423. The molecule has 40 heavy (non-hydrogen) atoms. The summed E-state index contributed by atoms with van der Waals surface area (Å²) in [5.41, 5.74) is 1.17. The fourth-order valence-corrected chi connectivity index (χ4v) is 6.31. The highest BCUT2D eigenvalue weighted by molar-refractivity contribution is 7.93. The third-order valence-electron chi connectivity index (χ3n) is 6.73. The van der Waals surface area contributed by atoms with Gasteiger partial charge in [0.15, 0.2) is 5.82 Å². The lowest BCUT2D eigenvalue weighted by molar-refractivity contribution is -0.00827. The summed E-state index contributed by atoms with van der Waals surface area (Å²) < 4.78 is 74.1. The second-order valence-corrected chi connectivity index (χ2v) is 13.5. The summed E-state index contributed by atoms with van der Waals surface area (Å²) in [6, 6.07) is 5.05. The van der Waals surface area contributed by atoms with Crippen LogP contribution in [0.1, 0.15) is 43.1 Å². The average Bonchev–Trinajstić information content (AvgIpc) is 3.33. The highest BCUT2D eigenvalue weighted by atomic mass is 32.2. The number of nitrogens with zero attached hydrogens (tertiary/aromatic N) is 6. The zero-order valence-corrected chi connectivity index (χ0v) is 24.7. The Morgan fingerprint density at radius 3 is 2.25 bits per heavy atom. The number of para-hydroxylation sites is 1. The van der Waals surface area contributed by atoms with Crippen molar-refractivity contribution in [3.63, 3.8) is 0 Å². The van der Waals surface area contributed by atoms with Gasteiger partial charge >= 0.3 is 0 Å². The van der Waals surface area contributed by atoms with Crippen molar-refractivity contribution in [3.8, 4) is 17.2 Å². The van der Waals surface area contributed by atoms with Gasteiger partial charge < -0.3 is 14.2 Å². The molecule has 0 bridgehead atoms. The third-order valence-corrected chi connectivity index (χ3v) is 9.86. The van der Waals surface area contributed by atoms with E-state index < -0.39 is 37.3 Å². The van der Waals surface area contributed by atoms with Gasteiger partial charge in [0.25, 0.3) is 0 Å². The van der Waals surface area contributed by atoms with E-state index in [0.29, 0.717) is 23.0 Å². The van der Waals surface area contributed by atoms with Crippen LogP contribution in [-0.4, -0.2) is 91.3 Å². The van der Waals surface area contributed by atoms with Crippen LogP contribution in [-0.2, 0) is 24.8 Å². The van der Waals surface area contributed by atoms with Gasteiger partial charge in [0.05, 0.1) is 32.3 Å². The first-order valence-corrected chi connectivity index (χ1v) is 15.8. The molecular weight excluding hydrogens is 562 g/mol. The minimum Gasteiger partial charge on any atom is -0.494 e. The number of anilines is 1. The number of hydrogen-bond acceptors (Lipinski definition) is 11. The predicted octanol–water partition coefficient (Wildman–Crippen LogP) is 1.65. The van der Waals surface area contributed by atoms with Crippen molar-refractivity contribution in [2.45, 2.75) is 38.0 Å². The van der Waals surface area contributed by atoms with Crippen LogP contribution in [0.4, 0.5) is 5.95 Å². The molecule has 0 spiro atoms. The molecule has 16 heteroatoms. The van der Waals surface area contributed by atoms with E-state index in [4.69, 9.17) is 14.2 Å². The second kappa shape index (κ2) is 11.6. The Morgan fingerprint density at radius 2 is 1.68 bits per heavy atom. The van der Waals surface area contributed by atoms with Crippen LogP contribution in [0.5, 0.6) is 11.5 Å². The van der Waals surface area contributed by atoms with E-state index in [1.807, 2.05) is 6.92 Å². The fourth-order valence-electron chi connectivity index (χ4n) is 4.26. The first-order chi connectivity index (χ1) is 18.9. The number of methoxy groups -OCH3 is 2. The van der Waals surface area contributed by atoms with Gasteiger partial charge in [-0.3, -0.25) is 9.29 Å². The molecule has 0 radical (unpaired) electrons. The van der Waals surface area contributed by atoms with Crippen molar-refractivity contribution in [3.05, 3.63) is 47.8 Å². The lowest BCUT2D eigenvalue weighted by Crippen LogP contribution is -2.42. The molecule has 1 aromatic carbocycles. The number of benzene rings is 1. The molecule has 2 unspecified atom stereocenters. The normalized spacial score (nSPS) is 18.2. The van der Waals surface area contributed by atoms with Crippen LogP contribution >= 0.6 is 0 Å². The molecule has 14 nitrogen and oxygen atoms in total. The van der Waals surface area contributed by atoms with Gasteiger partial charge in [0, 0.05) is 31.4 Å². The molecule has 3 aromatic rings. The molecule has 3 atom stereocenters. The lowest BCUT2D eigenvalue weighted by atomic mass is 10.1. The van der Waals surface area contributed by atoms with Crippen molar-refractivity contribution in [1.82, 2.24) is 29.0 Å². The summed E-state index contributed by atoms with van der Waals surface area (Å²) >= 11 is 0. The van der Waals surface area contributed by atoms with Gasteiger partial charge in [-0.2, -0.15) is 4.31 Å². The topological polar surface area (TPSA) is 168 Å². The number of sulfonamides is 2. The maximum Gasteiger partial charge on any atom is 0.243 e. The zero-order chi connectivity index (χ0) is 29.2. The fraction of sp³-hybridized carbons (Fsp3) is 0.500. The molecular formula is C24H33N7O7S2. The van der Waals surface area contributed by atoms with Crippen molar-refractivity contribution in [1.29, 1.82) is 0 Å². The number of ether oxygens (including phenoxy) is 3. The predicted molar refractivity (Wildman–Crippen MR) is 147 cm³/mol. The lowest BCUT2D eigenvalue weighted by Gasteiger charge is -2.31. The summed E-state index contributed by atoms with van der Waals surface area (Å²) in [5, 5.41) is 7.43. The Kier molecular flexibility index (Phi) is 8.63. The van der Waals surface area contributed by atoms with Gasteiger partial charge in [0.1, 0.15) is 29.1 Å². The molecule has 2 aromatic heterocycles. The van der Waals surface area contributed by atoms with Crippen LogP contribution in [0.15, 0.2) is 30.6 Å².